The van der Waals surface area contributed by atoms with Gasteiger partial charge in [0.1, 0.15) is 6.04 Å². The number of fused-ring (bicyclic) bond motifs is 1. The minimum absolute atomic E-state index is 0.0171. The molecule has 2 aliphatic rings. The molecule has 0 unspecified atom stereocenters. The average Bonchev–Trinajstić information content (AvgIpc) is 2.90. The zero-order valence-electron chi connectivity index (χ0n) is 14.4. The van der Waals surface area contributed by atoms with Gasteiger partial charge in [0.2, 0.25) is 11.8 Å². The van der Waals surface area contributed by atoms with E-state index in [-0.39, 0.29) is 24.1 Å². The Morgan fingerprint density at radius 1 is 1.04 bits per heavy atom. The van der Waals surface area contributed by atoms with E-state index in [0.29, 0.717) is 18.5 Å². The largest absolute Gasteiger partial charge is 0.373 e. The molecule has 2 aromatic rings. The first-order chi connectivity index (χ1) is 12.5. The third-order valence-corrected chi connectivity index (χ3v) is 4.78. The Kier molecular flexibility index (Phi) is 3.95. The lowest BCUT2D eigenvalue weighted by Gasteiger charge is -2.19. The molecule has 1 fully saturated rings. The fourth-order valence-corrected chi connectivity index (χ4v) is 3.38. The van der Waals surface area contributed by atoms with E-state index >= 15 is 0 Å². The number of amides is 3. The second-order valence-electron chi connectivity index (χ2n) is 6.72. The van der Waals surface area contributed by atoms with Crippen LogP contribution in [0.4, 0.5) is 17.1 Å². The zero-order chi connectivity index (χ0) is 18.3. The highest BCUT2D eigenvalue weighted by Crippen LogP contribution is 2.29. The molecule has 1 saturated heterocycles. The quantitative estimate of drug-likeness (QED) is 0.835. The Balaban J connectivity index is 1.52. The van der Waals surface area contributed by atoms with Crippen molar-refractivity contribution in [2.24, 2.45) is 0 Å². The molecule has 0 aliphatic carbocycles. The number of imide groups is 1. The van der Waals surface area contributed by atoms with Gasteiger partial charge in [0, 0.05) is 17.8 Å². The van der Waals surface area contributed by atoms with Crippen LogP contribution in [0.2, 0.25) is 0 Å². The van der Waals surface area contributed by atoms with Crippen LogP contribution in [0, 0.1) is 6.92 Å². The van der Waals surface area contributed by atoms with Gasteiger partial charge in [-0.3, -0.25) is 14.4 Å². The number of benzene rings is 2. The van der Waals surface area contributed by atoms with Gasteiger partial charge in [-0.2, -0.15) is 0 Å². The van der Waals surface area contributed by atoms with E-state index in [1.807, 2.05) is 37.3 Å². The molecule has 6 heteroatoms. The summed E-state index contributed by atoms with van der Waals surface area (Å²) >= 11 is 0. The number of nitrogens with one attached hydrogen (secondary N) is 2. The summed E-state index contributed by atoms with van der Waals surface area (Å²) in [6.07, 6.45) is 1.25. The van der Waals surface area contributed by atoms with E-state index in [9.17, 15) is 14.4 Å². The van der Waals surface area contributed by atoms with Gasteiger partial charge in [-0.1, -0.05) is 17.7 Å². The van der Waals surface area contributed by atoms with Crippen molar-refractivity contribution in [1.82, 2.24) is 0 Å². The number of aryl methyl sites for hydroxylation is 2. The highest BCUT2D eigenvalue weighted by Gasteiger charge is 2.39. The second kappa shape index (κ2) is 6.29. The smallest absolute Gasteiger partial charge is 0.256 e. The zero-order valence-corrected chi connectivity index (χ0v) is 14.4. The monoisotopic (exact) mass is 349 g/mol. The molecular weight excluding hydrogens is 330 g/mol. The van der Waals surface area contributed by atoms with Crippen molar-refractivity contribution in [2.45, 2.75) is 32.2 Å². The molecule has 0 aromatic heterocycles. The first-order valence-corrected chi connectivity index (χ1v) is 8.64. The molecule has 3 amide bonds. The van der Waals surface area contributed by atoms with Crippen LogP contribution < -0.4 is 15.5 Å². The molecule has 132 valence electrons. The molecule has 26 heavy (non-hydrogen) atoms. The molecule has 2 N–H and O–H groups in total. The summed E-state index contributed by atoms with van der Waals surface area (Å²) in [4.78, 5) is 37.8. The van der Waals surface area contributed by atoms with Gasteiger partial charge < -0.3 is 10.6 Å². The van der Waals surface area contributed by atoms with E-state index in [2.05, 4.69) is 10.6 Å². The van der Waals surface area contributed by atoms with Crippen LogP contribution in [-0.4, -0.2) is 23.8 Å². The molecule has 2 heterocycles. The summed E-state index contributed by atoms with van der Waals surface area (Å²) in [5.41, 5.74) is 4.28. The van der Waals surface area contributed by atoms with Gasteiger partial charge in [-0.25, -0.2) is 4.90 Å². The molecule has 0 bridgehead atoms. The average molecular weight is 349 g/mol. The van der Waals surface area contributed by atoms with Crippen LogP contribution in [0.3, 0.4) is 0 Å². The Labute approximate surface area is 151 Å². The number of hydrogen-bond acceptors (Lipinski definition) is 4. The lowest BCUT2D eigenvalue weighted by Crippen LogP contribution is -2.34. The Hall–Kier alpha value is -3.15. The summed E-state index contributed by atoms with van der Waals surface area (Å²) in [5, 5.41) is 6.00. The van der Waals surface area contributed by atoms with Crippen molar-refractivity contribution in [3.63, 3.8) is 0 Å². The number of carbonyl (C=O) groups excluding carboxylic acids is 3. The normalized spacial score (nSPS) is 19.3. The fraction of sp³-hybridized carbons (Fsp3) is 0.250. The van der Waals surface area contributed by atoms with Gasteiger partial charge in [0.15, 0.2) is 0 Å². The number of rotatable bonds is 3. The van der Waals surface area contributed by atoms with Crippen LogP contribution in [0.5, 0.6) is 0 Å². The summed E-state index contributed by atoms with van der Waals surface area (Å²) in [5.74, 6) is -0.435. The highest BCUT2D eigenvalue weighted by atomic mass is 16.2. The van der Waals surface area contributed by atoms with Crippen LogP contribution in [0.25, 0.3) is 0 Å². The molecule has 6 nitrogen and oxygen atoms in total. The van der Waals surface area contributed by atoms with E-state index in [1.54, 1.807) is 12.1 Å². The molecule has 4 rings (SSSR count). The van der Waals surface area contributed by atoms with Gasteiger partial charge >= 0.3 is 0 Å². The number of anilines is 3. The molecule has 1 atom stereocenters. The number of nitrogens with zero attached hydrogens (tertiary/aromatic N) is 1. The van der Waals surface area contributed by atoms with Gasteiger partial charge in [-0.05, 0) is 49.2 Å². The van der Waals surface area contributed by atoms with Crippen molar-refractivity contribution < 1.29 is 14.4 Å². The Bertz CT molecular complexity index is 905. The molecule has 0 saturated carbocycles. The second-order valence-corrected chi connectivity index (χ2v) is 6.72. The molecule has 2 aliphatic heterocycles. The number of hydrogen-bond donors (Lipinski definition) is 2. The molecular formula is C20H19N3O3. The third kappa shape index (κ3) is 2.94. The van der Waals surface area contributed by atoms with Crippen LogP contribution in [0.1, 0.15) is 24.0 Å². The molecule has 0 spiro atoms. The summed E-state index contributed by atoms with van der Waals surface area (Å²) in [7, 11) is 0. The predicted molar refractivity (Wildman–Crippen MR) is 99.1 cm³/mol. The first-order valence-electron chi connectivity index (χ1n) is 8.64. The van der Waals surface area contributed by atoms with E-state index in [0.717, 1.165) is 22.5 Å². The van der Waals surface area contributed by atoms with Crippen molar-refractivity contribution in [3.05, 3.63) is 53.6 Å². The SMILES string of the molecule is Cc1ccc(N2C(=O)C[C@@H](Nc3ccc4c(c3)CCC(=O)N4)C2=O)cc1. The maximum Gasteiger partial charge on any atom is 0.256 e. The highest BCUT2D eigenvalue weighted by molar-refractivity contribution is 6.23. The Morgan fingerprint density at radius 3 is 2.58 bits per heavy atom. The maximum atomic E-state index is 12.7. The summed E-state index contributed by atoms with van der Waals surface area (Å²) in [6.45, 7) is 1.96. The first kappa shape index (κ1) is 16.3. The predicted octanol–water partition coefficient (Wildman–Crippen LogP) is 2.62. The van der Waals surface area contributed by atoms with E-state index < -0.39 is 6.04 Å². The standard InChI is InChI=1S/C20H19N3O3/c1-12-2-6-15(7-3-12)23-19(25)11-17(20(23)26)21-14-5-8-16-13(10-14)4-9-18(24)22-16/h2-3,5-8,10,17,21H,4,9,11H2,1H3,(H,22,24)/t17-/m1/s1. The van der Waals surface area contributed by atoms with Gasteiger partial charge in [0.25, 0.3) is 5.91 Å². The van der Waals surface area contributed by atoms with Crippen LogP contribution >= 0.6 is 0 Å². The molecule has 2 aromatic carbocycles. The number of carbonyl (C=O) groups is 3. The van der Waals surface area contributed by atoms with Crippen molar-refractivity contribution >= 4 is 34.8 Å². The fourth-order valence-electron chi connectivity index (χ4n) is 3.38. The third-order valence-electron chi connectivity index (χ3n) is 4.78. The van der Waals surface area contributed by atoms with E-state index in [4.69, 9.17) is 0 Å². The Morgan fingerprint density at radius 2 is 1.81 bits per heavy atom. The van der Waals surface area contributed by atoms with Crippen molar-refractivity contribution in [1.29, 1.82) is 0 Å². The molecule has 0 radical (unpaired) electrons. The maximum absolute atomic E-state index is 12.7. The van der Waals surface area contributed by atoms with Crippen LogP contribution in [-0.2, 0) is 20.8 Å². The van der Waals surface area contributed by atoms with E-state index in [1.165, 1.54) is 4.90 Å². The van der Waals surface area contributed by atoms with Crippen molar-refractivity contribution in [2.75, 3.05) is 15.5 Å². The minimum Gasteiger partial charge on any atom is -0.373 e. The lowest BCUT2D eigenvalue weighted by molar-refractivity contribution is -0.121. The summed E-state index contributed by atoms with van der Waals surface area (Å²) in [6, 6.07) is 12.3. The van der Waals surface area contributed by atoms with Crippen molar-refractivity contribution in [3.8, 4) is 0 Å². The van der Waals surface area contributed by atoms with Gasteiger partial charge in [0.05, 0.1) is 12.1 Å². The summed E-state index contributed by atoms with van der Waals surface area (Å²) < 4.78 is 0. The van der Waals surface area contributed by atoms with Gasteiger partial charge in [-0.15, -0.1) is 0 Å². The van der Waals surface area contributed by atoms with Crippen LogP contribution in [0.15, 0.2) is 42.5 Å². The lowest BCUT2D eigenvalue weighted by atomic mass is 10.0. The topological polar surface area (TPSA) is 78.5 Å². The minimum atomic E-state index is -0.583.